The fraction of sp³-hybridized carbons (Fsp3) is 0.909. The normalized spacial score (nSPS) is 17.9. The Labute approximate surface area is 97.3 Å². The summed E-state index contributed by atoms with van der Waals surface area (Å²) in [4.78, 5) is 11.3. The molecule has 1 rings (SSSR count). The zero-order valence-electron chi connectivity index (χ0n) is 9.43. The van der Waals surface area contributed by atoms with Crippen LogP contribution in [0.1, 0.15) is 32.1 Å². The fourth-order valence-electron chi connectivity index (χ4n) is 1.96. The lowest BCUT2D eigenvalue weighted by Crippen LogP contribution is -2.33. The monoisotopic (exact) mass is 256 g/mol. The number of hydrogen-bond acceptors (Lipinski definition) is 2. The molecule has 1 aliphatic rings. The van der Waals surface area contributed by atoms with Gasteiger partial charge in [0.25, 0.3) is 0 Å². The number of halogens is 4. The summed E-state index contributed by atoms with van der Waals surface area (Å²) in [7, 11) is 0. The number of alkyl halides is 4. The third-order valence-electron chi connectivity index (χ3n) is 2.87. The van der Waals surface area contributed by atoms with Crippen molar-refractivity contribution in [3.05, 3.63) is 0 Å². The Kier molecular flexibility index (Phi) is 5.36. The Morgan fingerprint density at radius 2 is 1.88 bits per heavy atom. The van der Waals surface area contributed by atoms with Gasteiger partial charge in [0.1, 0.15) is 13.2 Å². The second-order valence-corrected chi connectivity index (χ2v) is 4.45. The molecule has 0 bridgehead atoms. The van der Waals surface area contributed by atoms with Crippen LogP contribution in [0, 0.1) is 5.92 Å². The van der Waals surface area contributed by atoms with E-state index in [-0.39, 0.29) is 5.78 Å². The minimum Gasteiger partial charge on any atom is -0.367 e. The van der Waals surface area contributed by atoms with Gasteiger partial charge in [-0.3, -0.25) is 4.79 Å². The lowest BCUT2D eigenvalue weighted by Gasteiger charge is -2.15. The highest BCUT2D eigenvalue weighted by Crippen LogP contribution is 2.28. The summed E-state index contributed by atoms with van der Waals surface area (Å²) >= 11 is 0. The molecule has 0 aromatic rings. The van der Waals surface area contributed by atoms with E-state index in [4.69, 9.17) is 0 Å². The van der Waals surface area contributed by atoms with E-state index in [1.54, 1.807) is 0 Å². The maximum Gasteiger partial charge on any atom is 0.330 e. The first-order valence-corrected chi connectivity index (χ1v) is 5.67. The van der Waals surface area contributed by atoms with Crippen LogP contribution in [0.3, 0.4) is 0 Å². The molecule has 17 heavy (non-hydrogen) atoms. The molecule has 0 heterocycles. The van der Waals surface area contributed by atoms with Gasteiger partial charge >= 0.3 is 12.3 Å². The molecule has 1 saturated carbocycles. The molecular formula is C11H16F4O2. The van der Waals surface area contributed by atoms with Gasteiger partial charge in [0.15, 0.2) is 5.78 Å². The van der Waals surface area contributed by atoms with E-state index >= 15 is 0 Å². The van der Waals surface area contributed by atoms with Gasteiger partial charge in [0, 0.05) is 6.42 Å². The van der Waals surface area contributed by atoms with Gasteiger partial charge in [0.2, 0.25) is 0 Å². The summed E-state index contributed by atoms with van der Waals surface area (Å²) in [6.45, 7) is -1.90. The van der Waals surface area contributed by atoms with Crippen LogP contribution in [-0.4, -0.2) is 31.3 Å². The molecule has 100 valence electrons. The second-order valence-electron chi connectivity index (χ2n) is 4.45. The standard InChI is InChI=1S/C11H16F4O2/c12-10(13)11(14,15)7-17-6-9(16)5-8-3-1-2-4-8/h8,10H,1-7H2. The lowest BCUT2D eigenvalue weighted by atomic mass is 10.0. The maximum absolute atomic E-state index is 12.4. The van der Waals surface area contributed by atoms with Crippen molar-refractivity contribution in [2.45, 2.75) is 44.5 Å². The van der Waals surface area contributed by atoms with Gasteiger partial charge in [0.05, 0.1) is 0 Å². The molecule has 0 saturated heterocycles. The Hall–Kier alpha value is -0.650. The largest absolute Gasteiger partial charge is 0.367 e. The molecule has 0 radical (unpaired) electrons. The van der Waals surface area contributed by atoms with Crippen LogP contribution in [0.15, 0.2) is 0 Å². The van der Waals surface area contributed by atoms with Gasteiger partial charge in [-0.25, -0.2) is 8.78 Å². The van der Waals surface area contributed by atoms with Crippen LogP contribution < -0.4 is 0 Å². The molecule has 0 aliphatic heterocycles. The highest BCUT2D eigenvalue weighted by atomic mass is 19.3. The smallest absolute Gasteiger partial charge is 0.330 e. The van der Waals surface area contributed by atoms with Crippen molar-refractivity contribution in [1.29, 1.82) is 0 Å². The Bertz CT molecular complexity index is 250. The minimum absolute atomic E-state index is 0.290. The Balaban J connectivity index is 2.15. The minimum atomic E-state index is -4.17. The zero-order valence-corrected chi connectivity index (χ0v) is 9.43. The fourth-order valence-corrected chi connectivity index (χ4v) is 1.96. The zero-order chi connectivity index (χ0) is 12.9. The van der Waals surface area contributed by atoms with Crippen LogP contribution >= 0.6 is 0 Å². The molecule has 1 fully saturated rings. The van der Waals surface area contributed by atoms with Gasteiger partial charge in [-0.2, -0.15) is 8.78 Å². The predicted molar refractivity (Wildman–Crippen MR) is 53.4 cm³/mol. The molecule has 2 nitrogen and oxygen atoms in total. The van der Waals surface area contributed by atoms with E-state index in [2.05, 4.69) is 4.74 Å². The number of Topliss-reactive ketones (excluding diaryl/α,β-unsaturated/α-hetero) is 1. The molecule has 0 atom stereocenters. The third-order valence-corrected chi connectivity index (χ3v) is 2.87. The molecule has 0 spiro atoms. The van der Waals surface area contributed by atoms with Crippen molar-refractivity contribution in [2.24, 2.45) is 5.92 Å². The summed E-state index contributed by atoms with van der Waals surface area (Å²) in [5, 5.41) is 0. The van der Waals surface area contributed by atoms with Gasteiger partial charge in [-0.1, -0.05) is 25.7 Å². The van der Waals surface area contributed by atoms with Crippen LogP contribution in [0.5, 0.6) is 0 Å². The lowest BCUT2D eigenvalue weighted by molar-refractivity contribution is -0.168. The summed E-state index contributed by atoms with van der Waals surface area (Å²) in [6.07, 6.45) is 0.662. The van der Waals surface area contributed by atoms with Gasteiger partial charge in [-0.05, 0) is 5.92 Å². The Morgan fingerprint density at radius 1 is 1.29 bits per heavy atom. The van der Waals surface area contributed by atoms with Crippen molar-refractivity contribution < 1.29 is 27.1 Å². The molecule has 0 amide bonds. The first-order valence-electron chi connectivity index (χ1n) is 5.67. The van der Waals surface area contributed by atoms with Gasteiger partial charge in [-0.15, -0.1) is 0 Å². The molecule has 0 aromatic heterocycles. The van der Waals surface area contributed by atoms with E-state index in [1.807, 2.05) is 0 Å². The van der Waals surface area contributed by atoms with Gasteiger partial charge < -0.3 is 4.74 Å². The number of carbonyl (C=O) groups excluding carboxylic acids is 1. The first kappa shape index (κ1) is 14.4. The number of rotatable bonds is 7. The highest BCUT2D eigenvalue weighted by Gasteiger charge is 2.41. The summed E-state index contributed by atoms with van der Waals surface area (Å²) < 4.78 is 52.7. The molecule has 0 unspecified atom stereocenters. The molecule has 1 aliphatic carbocycles. The van der Waals surface area contributed by atoms with Crippen LogP contribution in [0.4, 0.5) is 17.6 Å². The maximum atomic E-state index is 12.4. The van der Waals surface area contributed by atoms with Crippen LogP contribution in [0.2, 0.25) is 0 Å². The number of hydrogen-bond donors (Lipinski definition) is 0. The Morgan fingerprint density at radius 3 is 2.41 bits per heavy atom. The summed E-state index contributed by atoms with van der Waals surface area (Å²) in [5.74, 6) is -4.16. The second kappa shape index (κ2) is 6.33. The molecule has 0 N–H and O–H groups in total. The summed E-state index contributed by atoms with van der Waals surface area (Å²) in [6, 6.07) is 0. The van der Waals surface area contributed by atoms with Crippen molar-refractivity contribution in [3.63, 3.8) is 0 Å². The molecular weight excluding hydrogens is 240 g/mol. The van der Waals surface area contributed by atoms with Crippen LogP contribution in [-0.2, 0) is 9.53 Å². The number of ether oxygens (including phenoxy) is 1. The van der Waals surface area contributed by atoms with E-state index < -0.39 is 25.6 Å². The SMILES string of the molecule is O=C(COCC(F)(F)C(F)F)CC1CCCC1. The quantitative estimate of drug-likeness (QED) is 0.654. The van der Waals surface area contributed by atoms with Crippen molar-refractivity contribution >= 4 is 5.78 Å². The third kappa shape index (κ3) is 5.02. The molecule has 0 aromatic carbocycles. The van der Waals surface area contributed by atoms with E-state index in [1.165, 1.54) is 0 Å². The molecule has 6 heteroatoms. The number of ketones is 1. The first-order chi connectivity index (χ1) is 7.92. The van der Waals surface area contributed by atoms with E-state index in [0.717, 1.165) is 25.7 Å². The highest BCUT2D eigenvalue weighted by molar-refractivity contribution is 5.79. The average Bonchev–Trinajstić information content (AvgIpc) is 2.69. The summed E-state index contributed by atoms with van der Waals surface area (Å²) in [5.41, 5.74) is 0. The van der Waals surface area contributed by atoms with E-state index in [0.29, 0.717) is 12.3 Å². The predicted octanol–water partition coefficient (Wildman–Crippen LogP) is 3.05. The van der Waals surface area contributed by atoms with Crippen LogP contribution in [0.25, 0.3) is 0 Å². The topological polar surface area (TPSA) is 26.3 Å². The van der Waals surface area contributed by atoms with Crippen molar-refractivity contribution in [1.82, 2.24) is 0 Å². The van der Waals surface area contributed by atoms with Crippen molar-refractivity contribution in [3.8, 4) is 0 Å². The van der Waals surface area contributed by atoms with E-state index in [9.17, 15) is 22.4 Å². The number of carbonyl (C=O) groups is 1. The van der Waals surface area contributed by atoms with Crippen molar-refractivity contribution in [2.75, 3.05) is 13.2 Å². The average molecular weight is 256 g/mol.